The molecule has 2 rings (SSSR count). The van der Waals surface area contributed by atoms with E-state index in [-0.39, 0.29) is 26.2 Å². The summed E-state index contributed by atoms with van der Waals surface area (Å²) in [7, 11) is 0. The highest BCUT2D eigenvalue weighted by Gasteiger charge is 2.12. The van der Waals surface area contributed by atoms with Crippen molar-refractivity contribution in [2.45, 2.75) is 0 Å². The van der Waals surface area contributed by atoms with Crippen LogP contribution in [0.1, 0.15) is 0 Å². The molecule has 15 heavy (non-hydrogen) atoms. The van der Waals surface area contributed by atoms with Gasteiger partial charge < -0.3 is 10.1 Å². The van der Waals surface area contributed by atoms with Gasteiger partial charge in [0.25, 0.3) is 5.56 Å². The van der Waals surface area contributed by atoms with Crippen LogP contribution in [0.5, 0.6) is 5.75 Å². The number of pyridine rings is 2. The lowest BCUT2D eigenvalue weighted by atomic mass is 10.3. The molecule has 2 N–H and O–H groups in total. The average Bonchev–Trinajstić information content (AvgIpc) is 2.19. The van der Waals surface area contributed by atoms with Crippen LogP contribution in [0.15, 0.2) is 10.9 Å². The lowest BCUT2D eigenvalue weighted by Crippen LogP contribution is -2.06. The molecule has 0 saturated heterocycles. The molecular formula is C8H3Cl3N2O2. The summed E-state index contributed by atoms with van der Waals surface area (Å²) in [4.78, 5) is 17.4. The molecule has 2 aromatic rings. The van der Waals surface area contributed by atoms with Crippen molar-refractivity contribution >= 4 is 45.8 Å². The van der Waals surface area contributed by atoms with Gasteiger partial charge in [-0.3, -0.25) is 4.79 Å². The number of aromatic amines is 1. The van der Waals surface area contributed by atoms with Gasteiger partial charge in [0.05, 0.1) is 10.5 Å². The van der Waals surface area contributed by atoms with Crippen molar-refractivity contribution in [2.24, 2.45) is 0 Å². The van der Waals surface area contributed by atoms with Crippen LogP contribution >= 0.6 is 34.8 Å². The third kappa shape index (κ3) is 1.65. The second kappa shape index (κ2) is 3.56. The molecule has 0 amide bonds. The number of H-pyrrole nitrogens is 1. The number of fused-ring (bicyclic) bond motifs is 1. The van der Waals surface area contributed by atoms with E-state index < -0.39 is 11.3 Å². The molecule has 0 aliphatic heterocycles. The largest absolute Gasteiger partial charge is 0.504 e. The van der Waals surface area contributed by atoms with Crippen LogP contribution in [-0.2, 0) is 0 Å². The molecular weight excluding hydrogens is 262 g/mol. The predicted octanol–water partition coefficient (Wildman–Crippen LogP) is 2.59. The van der Waals surface area contributed by atoms with E-state index in [4.69, 9.17) is 34.8 Å². The van der Waals surface area contributed by atoms with Crippen LogP contribution in [-0.4, -0.2) is 15.1 Å². The number of hydrogen-bond donors (Lipinski definition) is 2. The Hall–Kier alpha value is -0.970. The highest BCUT2D eigenvalue weighted by Crippen LogP contribution is 2.30. The summed E-state index contributed by atoms with van der Waals surface area (Å²) >= 11 is 16.9. The lowest BCUT2D eigenvalue weighted by molar-refractivity contribution is 0.479. The van der Waals surface area contributed by atoms with Gasteiger partial charge in [-0.05, 0) is 6.07 Å². The quantitative estimate of drug-likeness (QED) is 0.720. The molecule has 0 atom stereocenters. The molecule has 4 nitrogen and oxygen atoms in total. The Morgan fingerprint density at radius 1 is 1.33 bits per heavy atom. The fourth-order valence-electron chi connectivity index (χ4n) is 1.13. The molecule has 0 bridgehead atoms. The Morgan fingerprint density at radius 3 is 2.67 bits per heavy atom. The van der Waals surface area contributed by atoms with E-state index in [1.54, 1.807) is 0 Å². The Labute approximate surface area is 98.4 Å². The molecule has 0 aliphatic carbocycles. The Balaban J connectivity index is 3.00. The number of nitrogens with one attached hydrogen (secondary N) is 1. The van der Waals surface area contributed by atoms with Gasteiger partial charge in [0.1, 0.15) is 15.7 Å². The minimum Gasteiger partial charge on any atom is -0.504 e. The third-order valence-corrected chi connectivity index (χ3v) is 2.84. The van der Waals surface area contributed by atoms with Gasteiger partial charge in [-0.2, -0.15) is 0 Å². The minimum absolute atomic E-state index is 0.0302. The topological polar surface area (TPSA) is 66.0 Å². The number of aromatic hydroxyl groups is 1. The molecule has 0 radical (unpaired) electrons. The zero-order valence-electron chi connectivity index (χ0n) is 7.01. The fourth-order valence-corrected chi connectivity index (χ4v) is 1.56. The zero-order valence-corrected chi connectivity index (χ0v) is 9.28. The second-order valence-corrected chi connectivity index (χ2v) is 3.92. The summed E-state index contributed by atoms with van der Waals surface area (Å²) in [5, 5.41) is 9.42. The number of halogens is 3. The van der Waals surface area contributed by atoms with Gasteiger partial charge in [-0.25, -0.2) is 4.98 Å². The van der Waals surface area contributed by atoms with E-state index in [9.17, 15) is 9.90 Å². The summed E-state index contributed by atoms with van der Waals surface area (Å²) in [5.74, 6) is -0.408. The first-order chi connectivity index (χ1) is 7.00. The molecule has 0 unspecified atom stereocenters. The Bertz CT molecular complexity index is 609. The summed E-state index contributed by atoms with van der Waals surface area (Å²) < 4.78 is 0. The summed E-state index contributed by atoms with van der Waals surface area (Å²) in [6.45, 7) is 0. The van der Waals surface area contributed by atoms with Crippen molar-refractivity contribution in [3.8, 4) is 5.75 Å². The van der Waals surface area contributed by atoms with Gasteiger partial charge in [0.2, 0.25) is 0 Å². The summed E-state index contributed by atoms with van der Waals surface area (Å²) in [6.07, 6.45) is 0. The van der Waals surface area contributed by atoms with Crippen LogP contribution in [0.25, 0.3) is 11.0 Å². The van der Waals surface area contributed by atoms with Crippen molar-refractivity contribution < 1.29 is 5.11 Å². The third-order valence-electron chi connectivity index (χ3n) is 1.81. The molecule has 7 heteroatoms. The standard InChI is InChI=1S/C8H3Cl3N2O2/c9-2-1-3-5(13-7(2)11)6(14)4(10)8(15)12-3/h1H,(H2,12,14,15). The first kappa shape index (κ1) is 10.5. The number of aromatic nitrogens is 2. The van der Waals surface area contributed by atoms with E-state index in [1.165, 1.54) is 6.07 Å². The first-order valence-electron chi connectivity index (χ1n) is 3.77. The van der Waals surface area contributed by atoms with Gasteiger partial charge in [-0.15, -0.1) is 0 Å². The second-order valence-electron chi connectivity index (χ2n) is 2.77. The van der Waals surface area contributed by atoms with Crippen molar-refractivity contribution in [1.82, 2.24) is 9.97 Å². The molecule has 0 saturated carbocycles. The van der Waals surface area contributed by atoms with Gasteiger partial charge in [0, 0.05) is 0 Å². The van der Waals surface area contributed by atoms with Crippen LogP contribution in [0.2, 0.25) is 15.2 Å². The highest BCUT2D eigenvalue weighted by molar-refractivity contribution is 6.41. The van der Waals surface area contributed by atoms with Crippen LogP contribution in [0, 0.1) is 0 Å². The summed E-state index contributed by atoms with van der Waals surface area (Å²) in [6, 6.07) is 1.39. The van der Waals surface area contributed by atoms with Crippen LogP contribution in [0.4, 0.5) is 0 Å². The molecule has 0 spiro atoms. The monoisotopic (exact) mass is 264 g/mol. The van der Waals surface area contributed by atoms with Gasteiger partial charge in [0.15, 0.2) is 5.75 Å². The predicted molar refractivity (Wildman–Crippen MR) is 59.1 cm³/mol. The maximum atomic E-state index is 11.2. The smallest absolute Gasteiger partial charge is 0.271 e. The minimum atomic E-state index is -0.609. The SMILES string of the molecule is O=c1[nH]c2cc(Cl)c(Cl)nc2c(O)c1Cl. The van der Waals surface area contributed by atoms with E-state index in [2.05, 4.69) is 9.97 Å². The molecule has 2 aromatic heterocycles. The summed E-state index contributed by atoms with van der Waals surface area (Å²) in [5.41, 5.74) is -0.229. The first-order valence-corrected chi connectivity index (χ1v) is 4.90. The highest BCUT2D eigenvalue weighted by atomic mass is 35.5. The average molecular weight is 265 g/mol. The zero-order chi connectivity index (χ0) is 11.2. The molecule has 78 valence electrons. The van der Waals surface area contributed by atoms with E-state index >= 15 is 0 Å². The van der Waals surface area contributed by atoms with Crippen molar-refractivity contribution in [3.05, 3.63) is 31.6 Å². The lowest BCUT2D eigenvalue weighted by Gasteiger charge is -2.03. The molecule has 0 aromatic carbocycles. The van der Waals surface area contributed by atoms with Gasteiger partial charge in [-0.1, -0.05) is 34.8 Å². The number of hydrogen-bond acceptors (Lipinski definition) is 3. The molecule has 0 fully saturated rings. The van der Waals surface area contributed by atoms with Crippen molar-refractivity contribution in [2.75, 3.05) is 0 Å². The molecule has 2 heterocycles. The Kier molecular flexibility index (Phi) is 2.50. The van der Waals surface area contributed by atoms with Crippen LogP contribution < -0.4 is 5.56 Å². The number of rotatable bonds is 0. The Morgan fingerprint density at radius 2 is 2.00 bits per heavy atom. The van der Waals surface area contributed by atoms with E-state index in [0.717, 1.165) is 0 Å². The van der Waals surface area contributed by atoms with Gasteiger partial charge >= 0.3 is 0 Å². The fraction of sp³-hybridized carbons (Fsp3) is 0. The van der Waals surface area contributed by atoms with Crippen molar-refractivity contribution in [1.29, 1.82) is 0 Å². The number of nitrogens with zero attached hydrogens (tertiary/aromatic N) is 1. The van der Waals surface area contributed by atoms with Crippen LogP contribution in [0.3, 0.4) is 0 Å². The maximum Gasteiger partial charge on any atom is 0.271 e. The normalized spacial score (nSPS) is 10.9. The maximum absolute atomic E-state index is 11.2. The van der Waals surface area contributed by atoms with E-state index in [0.29, 0.717) is 0 Å². The van der Waals surface area contributed by atoms with E-state index in [1.807, 2.05) is 0 Å². The molecule has 0 aliphatic rings. The van der Waals surface area contributed by atoms with Crippen molar-refractivity contribution in [3.63, 3.8) is 0 Å².